The average Bonchev–Trinajstić information content (AvgIpc) is 2.96. The Morgan fingerprint density at radius 1 is 1.47 bits per heavy atom. The van der Waals surface area contributed by atoms with Crippen molar-refractivity contribution in [1.82, 2.24) is 10.2 Å². The highest BCUT2D eigenvalue weighted by atomic mass is 32.2. The van der Waals surface area contributed by atoms with Crippen molar-refractivity contribution in [3.8, 4) is 0 Å². The molecule has 0 radical (unpaired) electrons. The van der Waals surface area contributed by atoms with E-state index in [-0.39, 0.29) is 6.03 Å². The predicted octanol–water partition coefficient (Wildman–Crippen LogP) is 1.05. The first kappa shape index (κ1) is 12.9. The van der Waals surface area contributed by atoms with E-state index in [1.165, 1.54) is 23.1 Å². The Bertz CT molecular complexity index is 308. The van der Waals surface area contributed by atoms with Gasteiger partial charge in [-0.3, -0.25) is 0 Å². The lowest BCUT2D eigenvalue weighted by Gasteiger charge is -2.21. The lowest BCUT2D eigenvalue weighted by molar-refractivity contribution is -0.140. The van der Waals surface area contributed by atoms with Gasteiger partial charge in [-0.05, 0) is 18.6 Å². The molecule has 2 heterocycles. The number of hydrogen-bond acceptors (Lipinski definition) is 4. The number of urea groups is 1. The summed E-state index contributed by atoms with van der Waals surface area (Å²) in [4.78, 5) is 24.2. The van der Waals surface area contributed by atoms with Crippen LogP contribution in [-0.4, -0.2) is 57.2 Å². The van der Waals surface area contributed by atoms with Gasteiger partial charge in [-0.25, -0.2) is 9.59 Å². The molecule has 2 rings (SSSR count). The van der Waals surface area contributed by atoms with Gasteiger partial charge in [-0.2, -0.15) is 11.8 Å². The largest absolute Gasteiger partial charge is 0.480 e. The number of carboxylic acids is 1. The van der Waals surface area contributed by atoms with E-state index in [0.29, 0.717) is 23.4 Å². The molecule has 2 amide bonds. The third-order valence-corrected chi connectivity index (χ3v) is 5.34. The number of rotatable bonds is 3. The molecule has 5 nitrogen and oxygen atoms in total. The van der Waals surface area contributed by atoms with Crippen molar-refractivity contribution in [3.63, 3.8) is 0 Å². The summed E-state index contributed by atoms with van der Waals surface area (Å²) in [6, 6.07) is -0.911. The Labute approximate surface area is 109 Å². The molecule has 0 aromatic rings. The van der Waals surface area contributed by atoms with Crippen LogP contribution >= 0.6 is 23.5 Å². The maximum atomic E-state index is 11.8. The van der Waals surface area contributed by atoms with E-state index in [9.17, 15) is 9.59 Å². The molecule has 2 aliphatic heterocycles. The van der Waals surface area contributed by atoms with Crippen LogP contribution < -0.4 is 5.32 Å². The van der Waals surface area contributed by atoms with Crippen LogP contribution in [0.4, 0.5) is 4.79 Å². The van der Waals surface area contributed by atoms with Gasteiger partial charge in [0.05, 0.1) is 5.88 Å². The third-order valence-electron chi connectivity index (χ3n) is 2.93. The average molecular weight is 276 g/mol. The van der Waals surface area contributed by atoms with Crippen LogP contribution in [-0.2, 0) is 4.79 Å². The van der Waals surface area contributed by atoms with Crippen molar-refractivity contribution >= 4 is 35.5 Å². The van der Waals surface area contributed by atoms with Crippen LogP contribution in [0.25, 0.3) is 0 Å². The second-order valence-electron chi connectivity index (χ2n) is 4.14. The van der Waals surface area contributed by atoms with Crippen molar-refractivity contribution in [3.05, 3.63) is 0 Å². The van der Waals surface area contributed by atoms with E-state index in [1.807, 2.05) is 11.8 Å². The fourth-order valence-electron chi connectivity index (χ4n) is 1.96. The van der Waals surface area contributed by atoms with E-state index in [4.69, 9.17) is 5.11 Å². The molecule has 0 aromatic heterocycles. The molecule has 1 unspecified atom stereocenters. The van der Waals surface area contributed by atoms with E-state index < -0.39 is 12.0 Å². The van der Waals surface area contributed by atoms with Gasteiger partial charge >= 0.3 is 12.0 Å². The summed E-state index contributed by atoms with van der Waals surface area (Å²) in [6.07, 6.45) is 2.35. The quantitative estimate of drug-likeness (QED) is 0.806. The van der Waals surface area contributed by atoms with Gasteiger partial charge < -0.3 is 15.3 Å². The Kier molecular flexibility index (Phi) is 4.44. The number of nitrogens with one attached hydrogen (secondary N) is 1. The summed E-state index contributed by atoms with van der Waals surface area (Å²) in [5.41, 5.74) is 0. The fraction of sp³-hybridized carbons (Fsp3) is 0.800. The molecular weight excluding hydrogens is 260 g/mol. The number of nitrogens with zero attached hydrogens (tertiary/aromatic N) is 1. The molecule has 0 spiro atoms. The minimum absolute atomic E-state index is 0.241. The molecule has 2 atom stereocenters. The number of carbonyl (C=O) groups excluding carboxylic acids is 1. The van der Waals surface area contributed by atoms with Crippen LogP contribution in [0.15, 0.2) is 0 Å². The molecule has 2 fully saturated rings. The van der Waals surface area contributed by atoms with Gasteiger partial charge in [0.2, 0.25) is 0 Å². The van der Waals surface area contributed by atoms with Gasteiger partial charge in [0.25, 0.3) is 0 Å². The molecule has 7 heteroatoms. The Morgan fingerprint density at radius 2 is 2.29 bits per heavy atom. The van der Waals surface area contributed by atoms with Crippen molar-refractivity contribution in [2.75, 3.05) is 23.9 Å². The first-order valence-electron chi connectivity index (χ1n) is 5.65. The maximum Gasteiger partial charge on any atom is 0.327 e. The SMILES string of the molecule is O=C(O)[C@@H]1CSCN1C(=O)NCC1CCCS1. The minimum atomic E-state index is -0.916. The zero-order valence-electron chi connectivity index (χ0n) is 9.42. The van der Waals surface area contributed by atoms with Crippen molar-refractivity contribution in [1.29, 1.82) is 0 Å². The van der Waals surface area contributed by atoms with Gasteiger partial charge in [0.1, 0.15) is 6.04 Å². The van der Waals surface area contributed by atoms with Crippen LogP contribution in [0.1, 0.15) is 12.8 Å². The highest BCUT2D eigenvalue weighted by Gasteiger charge is 2.34. The van der Waals surface area contributed by atoms with E-state index in [2.05, 4.69) is 5.32 Å². The minimum Gasteiger partial charge on any atom is -0.480 e. The zero-order valence-corrected chi connectivity index (χ0v) is 11.1. The topological polar surface area (TPSA) is 69.6 Å². The van der Waals surface area contributed by atoms with Crippen molar-refractivity contribution < 1.29 is 14.7 Å². The highest BCUT2D eigenvalue weighted by Crippen LogP contribution is 2.25. The van der Waals surface area contributed by atoms with Crippen molar-refractivity contribution in [2.45, 2.75) is 24.1 Å². The lowest BCUT2D eigenvalue weighted by atomic mass is 10.2. The number of amides is 2. The molecule has 17 heavy (non-hydrogen) atoms. The lowest BCUT2D eigenvalue weighted by Crippen LogP contribution is -2.48. The molecule has 2 aliphatic rings. The zero-order chi connectivity index (χ0) is 12.3. The summed E-state index contributed by atoms with van der Waals surface area (Å²) in [7, 11) is 0. The summed E-state index contributed by atoms with van der Waals surface area (Å²) in [6.45, 7) is 0.650. The van der Waals surface area contributed by atoms with Gasteiger partial charge in [-0.15, -0.1) is 11.8 Å². The second-order valence-corrected chi connectivity index (χ2v) is 6.55. The molecule has 0 aliphatic carbocycles. The molecule has 0 bridgehead atoms. The summed E-state index contributed by atoms with van der Waals surface area (Å²) < 4.78 is 0. The molecule has 0 aromatic carbocycles. The normalized spacial score (nSPS) is 28.4. The van der Waals surface area contributed by atoms with Crippen LogP contribution in [0.3, 0.4) is 0 Å². The number of thioether (sulfide) groups is 2. The summed E-state index contributed by atoms with van der Waals surface area (Å²) in [5.74, 6) is 1.21. The Hall–Kier alpha value is -0.560. The second kappa shape index (κ2) is 5.86. The van der Waals surface area contributed by atoms with Gasteiger partial charge in [0, 0.05) is 17.5 Å². The van der Waals surface area contributed by atoms with Crippen LogP contribution in [0.2, 0.25) is 0 Å². The van der Waals surface area contributed by atoms with Crippen molar-refractivity contribution in [2.24, 2.45) is 0 Å². The Morgan fingerprint density at radius 3 is 2.94 bits per heavy atom. The highest BCUT2D eigenvalue weighted by molar-refractivity contribution is 8.00. The monoisotopic (exact) mass is 276 g/mol. The summed E-state index contributed by atoms with van der Waals surface area (Å²) >= 11 is 3.36. The maximum absolute atomic E-state index is 11.8. The summed E-state index contributed by atoms with van der Waals surface area (Å²) in [5, 5.41) is 12.3. The first-order chi connectivity index (χ1) is 8.18. The van der Waals surface area contributed by atoms with E-state index >= 15 is 0 Å². The predicted molar refractivity (Wildman–Crippen MR) is 69.5 cm³/mol. The van der Waals surface area contributed by atoms with Gasteiger partial charge in [0.15, 0.2) is 0 Å². The number of carbonyl (C=O) groups is 2. The van der Waals surface area contributed by atoms with E-state index in [1.54, 1.807) is 0 Å². The Balaban J connectivity index is 1.80. The number of carboxylic acid groups (broad SMARTS) is 1. The third kappa shape index (κ3) is 3.22. The fourth-order valence-corrected chi connectivity index (χ4v) is 4.30. The smallest absolute Gasteiger partial charge is 0.327 e. The molecular formula is C10H16N2O3S2. The van der Waals surface area contributed by atoms with Crippen LogP contribution in [0.5, 0.6) is 0 Å². The molecule has 2 N–H and O–H groups in total. The number of hydrogen-bond donors (Lipinski definition) is 2. The molecule has 2 saturated heterocycles. The molecule has 96 valence electrons. The first-order valence-corrected chi connectivity index (χ1v) is 7.85. The molecule has 0 saturated carbocycles. The van der Waals surface area contributed by atoms with Crippen LogP contribution in [0, 0.1) is 0 Å². The van der Waals surface area contributed by atoms with E-state index in [0.717, 1.165) is 12.2 Å². The standard InChI is InChI=1S/C10H16N2O3S2/c13-9(14)8-5-16-6-12(8)10(15)11-4-7-2-1-3-17-7/h7-8H,1-6H2,(H,11,15)(H,13,14)/t7?,8-/m0/s1. The number of aliphatic carboxylic acids is 1. The van der Waals surface area contributed by atoms with Gasteiger partial charge in [-0.1, -0.05) is 0 Å².